The molecule has 1 aliphatic carbocycles. The summed E-state index contributed by atoms with van der Waals surface area (Å²) in [5.74, 6) is 1.16. The quantitative estimate of drug-likeness (QED) is 0.906. The van der Waals surface area contributed by atoms with Gasteiger partial charge in [0.2, 0.25) is 5.91 Å². The number of hydrogen-bond acceptors (Lipinski definition) is 3. The monoisotopic (exact) mass is 322 g/mol. The van der Waals surface area contributed by atoms with Crippen molar-refractivity contribution in [3.63, 3.8) is 0 Å². The highest BCUT2D eigenvalue weighted by atomic mass is 35.5. The standard InChI is InChI=1S/C17H23ClN2O2/c1-20(10-11-22-15-5-3-2-4-14(15)18)16(21)13-12-17(13)6-8-19-9-7-17/h2-5,13,19H,6-12H2,1H3. The number of benzene rings is 1. The summed E-state index contributed by atoms with van der Waals surface area (Å²) in [6.07, 6.45) is 3.32. The Bertz CT molecular complexity index is 543. The van der Waals surface area contributed by atoms with Crippen molar-refractivity contribution in [3.8, 4) is 5.75 Å². The van der Waals surface area contributed by atoms with Gasteiger partial charge in [-0.3, -0.25) is 4.79 Å². The van der Waals surface area contributed by atoms with E-state index in [0.29, 0.717) is 29.3 Å². The second-order valence-electron chi connectivity index (χ2n) is 6.41. The third-order valence-corrected chi connectivity index (χ3v) is 5.30. The maximum absolute atomic E-state index is 12.5. The molecule has 0 bridgehead atoms. The highest BCUT2D eigenvalue weighted by molar-refractivity contribution is 6.32. The van der Waals surface area contributed by atoms with Crippen molar-refractivity contribution >= 4 is 17.5 Å². The molecule has 1 N–H and O–H groups in total. The zero-order valence-electron chi connectivity index (χ0n) is 13.0. The summed E-state index contributed by atoms with van der Waals surface area (Å²) in [5.41, 5.74) is 0.292. The van der Waals surface area contributed by atoms with Crippen LogP contribution in [0.15, 0.2) is 24.3 Å². The molecule has 0 radical (unpaired) electrons. The number of nitrogens with one attached hydrogen (secondary N) is 1. The summed E-state index contributed by atoms with van der Waals surface area (Å²) in [6.45, 7) is 3.15. The van der Waals surface area contributed by atoms with Crippen molar-refractivity contribution in [2.45, 2.75) is 19.3 Å². The van der Waals surface area contributed by atoms with Crippen LogP contribution in [0.4, 0.5) is 0 Å². The maximum Gasteiger partial charge on any atom is 0.226 e. The summed E-state index contributed by atoms with van der Waals surface area (Å²) < 4.78 is 5.66. The molecule has 1 unspecified atom stereocenters. The Morgan fingerprint density at radius 2 is 2.14 bits per heavy atom. The number of ether oxygens (including phenoxy) is 1. The molecule has 0 aromatic heterocycles. The number of rotatable bonds is 5. The summed E-state index contributed by atoms with van der Waals surface area (Å²) in [4.78, 5) is 14.3. The lowest BCUT2D eigenvalue weighted by molar-refractivity contribution is -0.132. The summed E-state index contributed by atoms with van der Waals surface area (Å²) >= 11 is 6.05. The molecule has 5 heteroatoms. The van der Waals surface area contributed by atoms with Gasteiger partial charge in [-0.25, -0.2) is 0 Å². The van der Waals surface area contributed by atoms with Gasteiger partial charge in [-0.2, -0.15) is 0 Å². The zero-order chi connectivity index (χ0) is 15.6. The first-order valence-electron chi connectivity index (χ1n) is 7.95. The maximum atomic E-state index is 12.5. The number of likely N-dealkylation sites (N-methyl/N-ethyl adjacent to an activating group) is 1. The number of piperidine rings is 1. The van der Waals surface area contributed by atoms with E-state index in [1.165, 1.54) is 0 Å². The van der Waals surface area contributed by atoms with Gasteiger partial charge in [0.1, 0.15) is 12.4 Å². The lowest BCUT2D eigenvalue weighted by atomic mass is 9.91. The van der Waals surface area contributed by atoms with Gasteiger partial charge in [-0.05, 0) is 49.9 Å². The van der Waals surface area contributed by atoms with Gasteiger partial charge in [0.05, 0.1) is 11.6 Å². The van der Waals surface area contributed by atoms with E-state index in [2.05, 4.69) is 5.32 Å². The molecule has 1 saturated heterocycles. The van der Waals surface area contributed by atoms with E-state index in [-0.39, 0.29) is 11.8 Å². The lowest BCUT2D eigenvalue weighted by Crippen LogP contribution is -2.36. The van der Waals surface area contributed by atoms with E-state index in [0.717, 1.165) is 32.4 Å². The van der Waals surface area contributed by atoms with Crippen LogP contribution in [-0.2, 0) is 4.79 Å². The largest absolute Gasteiger partial charge is 0.490 e. The van der Waals surface area contributed by atoms with Crippen LogP contribution in [0.5, 0.6) is 5.75 Å². The molecule has 1 aliphatic heterocycles. The topological polar surface area (TPSA) is 41.6 Å². The van der Waals surface area contributed by atoms with Crippen LogP contribution in [0.1, 0.15) is 19.3 Å². The molecule has 4 nitrogen and oxygen atoms in total. The molecule has 2 aliphatic rings. The number of carbonyl (C=O) groups excluding carboxylic acids is 1. The fraction of sp³-hybridized carbons (Fsp3) is 0.588. The van der Waals surface area contributed by atoms with Crippen LogP contribution in [0.2, 0.25) is 5.02 Å². The smallest absolute Gasteiger partial charge is 0.226 e. The van der Waals surface area contributed by atoms with E-state index in [1.54, 1.807) is 11.0 Å². The number of amides is 1. The summed E-state index contributed by atoms with van der Waals surface area (Å²) in [5, 5.41) is 3.97. The highest BCUT2D eigenvalue weighted by Gasteiger charge is 2.58. The third kappa shape index (κ3) is 3.23. The molecule has 1 spiro atoms. The second-order valence-corrected chi connectivity index (χ2v) is 6.81. The van der Waals surface area contributed by atoms with Crippen LogP contribution in [0.25, 0.3) is 0 Å². The third-order valence-electron chi connectivity index (χ3n) is 4.98. The Hall–Kier alpha value is -1.26. The van der Waals surface area contributed by atoms with E-state index in [9.17, 15) is 4.79 Å². The van der Waals surface area contributed by atoms with E-state index < -0.39 is 0 Å². The Kier molecular flexibility index (Phi) is 4.59. The average Bonchev–Trinajstić information content (AvgIpc) is 3.22. The van der Waals surface area contributed by atoms with Crippen LogP contribution >= 0.6 is 11.6 Å². The highest BCUT2D eigenvalue weighted by Crippen LogP contribution is 2.59. The second kappa shape index (κ2) is 6.47. The number of carbonyl (C=O) groups is 1. The normalized spacial score (nSPS) is 22.4. The molecule has 1 heterocycles. The Labute approximate surface area is 136 Å². The van der Waals surface area contributed by atoms with Gasteiger partial charge in [0.15, 0.2) is 0 Å². The molecular weight excluding hydrogens is 300 g/mol. The van der Waals surface area contributed by atoms with Gasteiger partial charge in [-0.1, -0.05) is 23.7 Å². The summed E-state index contributed by atoms with van der Waals surface area (Å²) in [7, 11) is 1.87. The predicted octanol–water partition coefficient (Wildman–Crippen LogP) is 2.57. The Morgan fingerprint density at radius 1 is 1.41 bits per heavy atom. The van der Waals surface area contributed by atoms with E-state index in [4.69, 9.17) is 16.3 Å². The molecule has 120 valence electrons. The van der Waals surface area contributed by atoms with E-state index >= 15 is 0 Å². The molecule has 3 rings (SSSR count). The van der Waals surface area contributed by atoms with Gasteiger partial charge in [-0.15, -0.1) is 0 Å². The van der Waals surface area contributed by atoms with Gasteiger partial charge < -0.3 is 15.0 Å². The molecule has 1 atom stereocenters. The number of para-hydroxylation sites is 1. The fourth-order valence-corrected chi connectivity index (χ4v) is 3.59. The van der Waals surface area contributed by atoms with Crippen LogP contribution in [-0.4, -0.2) is 44.1 Å². The first-order chi connectivity index (χ1) is 10.6. The Balaban J connectivity index is 1.45. The minimum atomic E-state index is 0.222. The average molecular weight is 323 g/mol. The zero-order valence-corrected chi connectivity index (χ0v) is 13.7. The molecular formula is C17H23ClN2O2. The van der Waals surface area contributed by atoms with E-state index in [1.807, 2.05) is 25.2 Å². The summed E-state index contributed by atoms with van der Waals surface area (Å²) in [6, 6.07) is 7.41. The Morgan fingerprint density at radius 3 is 2.86 bits per heavy atom. The van der Waals surface area contributed by atoms with Gasteiger partial charge in [0.25, 0.3) is 0 Å². The molecule has 1 saturated carbocycles. The molecule has 2 fully saturated rings. The fourth-order valence-electron chi connectivity index (χ4n) is 3.40. The number of halogens is 1. The van der Waals surface area contributed by atoms with Crippen molar-refractivity contribution in [3.05, 3.63) is 29.3 Å². The molecule has 22 heavy (non-hydrogen) atoms. The molecule has 1 aromatic rings. The minimum Gasteiger partial charge on any atom is -0.490 e. The van der Waals surface area contributed by atoms with Crippen molar-refractivity contribution in [2.75, 3.05) is 33.3 Å². The molecule has 1 aromatic carbocycles. The van der Waals surface area contributed by atoms with Crippen molar-refractivity contribution in [1.29, 1.82) is 0 Å². The minimum absolute atomic E-state index is 0.222. The predicted molar refractivity (Wildman–Crippen MR) is 87.2 cm³/mol. The number of hydrogen-bond donors (Lipinski definition) is 1. The van der Waals surface area contributed by atoms with Crippen LogP contribution < -0.4 is 10.1 Å². The van der Waals surface area contributed by atoms with Crippen molar-refractivity contribution in [1.82, 2.24) is 10.2 Å². The van der Waals surface area contributed by atoms with Crippen LogP contribution in [0.3, 0.4) is 0 Å². The van der Waals surface area contributed by atoms with Crippen molar-refractivity contribution in [2.24, 2.45) is 11.3 Å². The van der Waals surface area contributed by atoms with Crippen LogP contribution in [0, 0.1) is 11.3 Å². The first kappa shape index (κ1) is 15.6. The van der Waals surface area contributed by atoms with Crippen molar-refractivity contribution < 1.29 is 9.53 Å². The first-order valence-corrected chi connectivity index (χ1v) is 8.33. The lowest BCUT2D eigenvalue weighted by Gasteiger charge is -2.25. The van der Waals surface area contributed by atoms with Gasteiger partial charge in [0, 0.05) is 13.0 Å². The number of nitrogens with zero attached hydrogens (tertiary/aromatic N) is 1. The molecule has 1 amide bonds. The van der Waals surface area contributed by atoms with Gasteiger partial charge >= 0.3 is 0 Å². The SMILES string of the molecule is CN(CCOc1ccccc1Cl)C(=O)C1CC12CCNCC2.